The molecule has 1 aromatic carbocycles. The van der Waals surface area contributed by atoms with Crippen molar-refractivity contribution in [2.24, 2.45) is 11.3 Å². The van der Waals surface area contributed by atoms with Crippen molar-refractivity contribution in [3.8, 4) is 0 Å². The number of rotatable bonds is 6. The van der Waals surface area contributed by atoms with Crippen molar-refractivity contribution in [2.75, 3.05) is 0 Å². The number of allylic oxidation sites excluding steroid dienone is 3. The van der Waals surface area contributed by atoms with Crippen molar-refractivity contribution in [2.45, 2.75) is 59.8 Å². The number of hydrogen-bond acceptors (Lipinski definition) is 4. The summed E-state index contributed by atoms with van der Waals surface area (Å²) in [5, 5.41) is 9.72. The van der Waals surface area contributed by atoms with Gasteiger partial charge in [-0.1, -0.05) is 56.3 Å². The molecule has 0 radical (unpaired) electrons. The first-order chi connectivity index (χ1) is 14.2. The van der Waals surface area contributed by atoms with Crippen molar-refractivity contribution in [1.29, 1.82) is 0 Å². The van der Waals surface area contributed by atoms with Crippen LogP contribution in [0, 0.1) is 12.3 Å². The van der Waals surface area contributed by atoms with Crippen LogP contribution < -0.4 is 11.3 Å². The predicted molar refractivity (Wildman–Crippen MR) is 127 cm³/mol. The summed E-state index contributed by atoms with van der Waals surface area (Å²) >= 11 is 1.73. The number of fused-ring (bicyclic) bond motifs is 1. The first-order valence-electron chi connectivity index (χ1n) is 10.3. The molecule has 0 unspecified atom stereocenters. The number of hydrogen-bond donors (Lipinski definition) is 3. The quantitative estimate of drug-likeness (QED) is 0.319. The Morgan fingerprint density at radius 2 is 1.97 bits per heavy atom. The second kappa shape index (κ2) is 10.6. The number of benzene rings is 1. The molecule has 5 heteroatoms. The van der Waals surface area contributed by atoms with Gasteiger partial charge in [-0.3, -0.25) is 5.84 Å². The van der Waals surface area contributed by atoms with Crippen LogP contribution in [0.1, 0.15) is 64.0 Å². The van der Waals surface area contributed by atoms with Gasteiger partial charge in [-0.25, -0.2) is 4.79 Å². The van der Waals surface area contributed by atoms with Gasteiger partial charge in [0.25, 0.3) is 0 Å². The lowest BCUT2D eigenvalue weighted by atomic mass is 9.76. The average molecular weight is 427 g/mol. The van der Waals surface area contributed by atoms with E-state index < -0.39 is 5.97 Å². The topological polar surface area (TPSA) is 75.3 Å². The Balaban J connectivity index is 0.000000396. The summed E-state index contributed by atoms with van der Waals surface area (Å²) in [7, 11) is 0. The van der Waals surface area contributed by atoms with E-state index in [-0.39, 0.29) is 5.41 Å². The maximum atomic E-state index is 11.8. The molecule has 1 aromatic heterocycles. The van der Waals surface area contributed by atoms with E-state index in [1.54, 1.807) is 23.5 Å². The summed E-state index contributed by atoms with van der Waals surface area (Å²) in [4.78, 5) is 14.2. The zero-order valence-corrected chi connectivity index (χ0v) is 19.4. The maximum absolute atomic E-state index is 11.8. The number of carbonyl (C=O) groups is 1. The lowest BCUT2D eigenvalue weighted by molar-refractivity contribution is 0.0694. The predicted octanol–water partition coefficient (Wildman–Crippen LogP) is 5.59. The SMILES string of the molecule is C=C/C=C(\C)NN.Cc1ccc(CCc2sc3c(c2C(=O)O)CC(C)(C)CC3)cc1. The molecule has 4 N–H and O–H groups in total. The van der Waals surface area contributed by atoms with Gasteiger partial charge >= 0.3 is 5.97 Å². The van der Waals surface area contributed by atoms with Gasteiger partial charge < -0.3 is 10.5 Å². The van der Waals surface area contributed by atoms with Crippen molar-refractivity contribution >= 4 is 17.3 Å². The minimum Gasteiger partial charge on any atom is -0.478 e. The highest BCUT2D eigenvalue weighted by atomic mass is 32.1. The van der Waals surface area contributed by atoms with E-state index in [1.165, 1.54) is 16.0 Å². The Labute approximate surface area is 184 Å². The second-order valence-electron chi connectivity index (χ2n) is 8.66. The summed E-state index contributed by atoms with van der Waals surface area (Å²) in [5.74, 6) is 4.24. The normalized spacial score (nSPS) is 14.9. The average Bonchev–Trinajstić information content (AvgIpc) is 3.04. The number of aryl methyl sites for hydroxylation is 4. The van der Waals surface area contributed by atoms with E-state index >= 15 is 0 Å². The number of nitrogens with one attached hydrogen (secondary N) is 1. The van der Waals surface area contributed by atoms with E-state index in [9.17, 15) is 9.90 Å². The highest BCUT2D eigenvalue weighted by Gasteiger charge is 2.32. The summed E-state index contributed by atoms with van der Waals surface area (Å²) in [6, 6.07) is 8.53. The third kappa shape index (κ3) is 6.57. The van der Waals surface area contributed by atoms with E-state index in [4.69, 9.17) is 5.84 Å². The van der Waals surface area contributed by atoms with Gasteiger partial charge in [0.05, 0.1) is 5.56 Å². The van der Waals surface area contributed by atoms with E-state index in [0.717, 1.165) is 48.2 Å². The second-order valence-corrected chi connectivity index (χ2v) is 9.85. The molecule has 0 spiro atoms. The molecular formula is C25H34N2O2S. The number of aromatic carboxylic acids is 1. The highest BCUT2D eigenvalue weighted by molar-refractivity contribution is 7.12. The first kappa shape index (κ1) is 23.9. The number of nitrogens with two attached hydrogens (primary N) is 1. The van der Waals surface area contributed by atoms with E-state index in [1.807, 2.05) is 6.92 Å². The fourth-order valence-electron chi connectivity index (χ4n) is 3.64. The largest absolute Gasteiger partial charge is 0.478 e. The Morgan fingerprint density at radius 1 is 1.30 bits per heavy atom. The van der Waals surface area contributed by atoms with E-state index in [0.29, 0.717) is 5.56 Å². The highest BCUT2D eigenvalue weighted by Crippen LogP contribution is 2.41. The molecule has 162 valence electrons. The molecule has 0 atom stereocenters. The standard InChI is InChI=1S/C20H24O2S.C5H10N2/c1-13-4-6-14(7-5-13)8-9-17-18(19(21)22)15-12-20(2,3)11-10-16(15)23-17;1-3-4-5(2)7-6/h4-7H,8-12H2,1-3H3,(H,21,22);3-4,7H,1,6H2,2H3/b;5-4+. The van der Waals surface area contributed by atoms with Gasteiger partial charge in [-0.05, 0) is 68.6 Å². The molecule has 1 aliphatic carbocycles. The molecule has 0 aliphatic heterocycles. The van der Waals surface area contributed by atoms with Crippen LogP contribution in [0.25, 0.3) is 0 Å². The lowest BCUT2D eigenvalue weighted by Crippen LogP contribution is -2.22. The van der Waals surface area contributed by atoms with Crippen LogP contribution in [-0.4, -0.2) is 11.1 Å². The van der Waals surface area contributed by atoms with Gasteiger partial charge in [-0.15, -0.1) is 11.3 Å². The van der Waals surface area contributed by atoms with Crippen LogP contribution in [0.2, 0.25) is 0 Å². The molecule has 4 nitrogen and oxygen atoms in total. The third-order valence-electron chi connectivity index (χ3n) is 5.42. The van der Waals surface area contributed by atoms with Crippen LogP contribution >= 0.6 is 11.3 Å². The van der Waals surface area contributed by atoms with Gasteiger partial charge in [0, 0.05) is 15.5 Å². The zero-order chi connectivity index (χ0) is 22.3. The molecule has 1 aliphatic rings. The summed E-state index contributed by atoms with van der Waals surface area (Å²) in [6.07, 6.45) is 8.26. The molecule has 0 amide bonds. The number of carboxylic acids is 1. The van der Waals surface area contributed by atoms with Gasteiger partial charge in [-0.2, -0.15) is 0 Å². The van der Waals surface area contributed by atoms with Crippen LogP contribution in [0.15, 0.2) is 48.7 Å². The summed E-state index contributed by atoms with van der Waals surface area (Å²) in [5.41, 5.74) is 7.83. The van der Waals surface area contributed by atoms with Gasteiger partial charge in [0.15, 0.2) is 0 Å². The summed E-state index contributed by atoms with van der Waals surface area (Å²) in [6.45, 7) is 11.9. The molecule has 0 bridgehead atoms. The van der Waals surface area contributed by atoms with Crippen molar-refractivity contribution in [1.82, 2.24) is 5.43 Å². The van der Waals surface area contributed by atoms with Crippen LogP contribution in [-0.2, 0) is 25.7 Å². The minimum absolute atomic E-state index is 0.215. The van der Waals surface area contributed by atoms with Crippen molar-refractivity contribution < 1.29 is 9.90 Å². The molecule has 30 heavy (non-hydrogen) atoms. The zero-order valence-electron chi connectivity index (χ0n) is 18.5. The first-order valence-corrected chi connectivity index (χ1v) is 11.2. The minimum atomic E-state index is -0.751. The smallest absolute Gasteiger partial charge is 0.337 e. The van der Waals surface area contributed by atoms with Gasteiger partial charge in [0.1, 0.15) is 0 Å². The van der Waals surface area contributed by atoms with E-state index in [2.05, 4.69) is 57.0 Å². The Bertz CT molecular complexity index is 908. The molecule has 1 heterocycles. The molecule has 2 aromatic rings. The molecule has 0 saturated carbocycles. The number of hydrazine groups is 1. The number of thiophene rings is 1. The lowest BCUT2D eigenvalue weighted by Gasteiger charge is -2.29. The van der Waals surface area contributed by atoms with Crippen molar-refractivity contribution in [3.63, 3.8) is 0 Å². The fourth-order valence-corrected chi connectivity index (χ4v) is 4.95. The Kier molecular flexibility index (Phi) is 8.44. The monoisotopic (exact) mass is 426 g/mol. The third-order valence-corrected chi connectivity index (χ3v) is 6.77. The van der Waals surface area contributed by atoms with Crippen LogP contribution in [0.5, 0.6) is 0 Å². The van der Waals surface area contributed by atoms with Crippen LogP contribution in [0.3, 0.4) is 0 Å². The molecule has 0 saturated heterocycles. The molecule has 0 fully saturated rings. The molecule has 3 rings (SSSR count). The Hall–Kier alpha value is -2.37. The summed E-state index contributed by atoms with van der Waals surface area (Å²) < 4.78 is 0. The Morgan fingerprint density at radius 3 is 2.50 bits per heavy atom. The van der Waals surface area contributed by atoms with Crippen LogP contribution in [0.4, 0.5) is 0 Å². The van der Waals surface area contributed by atoms with Gasteiger partial charge in [0.2, 0.25) is 0 Å². The van der Waals surface area contributed by atoms with Crippen molar-refractivity contribution in [3.05, 3.63) is 80.7 Å². The fraction of sp³-hybridized carbons (Fsp3) is 0.400. The number of carboxylic acid groups (broad SMARTS) is 1. The molecular weight excluding hydrogens is 392 g/mol. The maximum Gasteiger partial charge on any atom is 0.337 e.